The van der Waals surface area contributed by atoms with E-state index >= 15 is 0 Å². The molecule has 2 unspecified atom stereocenters. The van der Waals surface area contributed by atoms with Gasteiger partial charge in [-0.05, 0) is 68.9 Å². The minimum atomic E-state index is -1.15. The second kappa shape index (κ2) is 10.3. The highest BCUT2D eigenvalue weighted by molar-refractivity contribution is 5.83. The van der Waals surface area contributed by atoms with E-state index in [1.165, 1.54) is 54.1 Å². The van der Waals surface area contributed by atoms with E-state index < -0.39 is 24.1 Å². The maximum absolute atomic E-state index is 13.8. The van der Waals surface area contributed by atoms with Crippen molar-refractivity contribution in [2.45, 2.75) is 101 Å². The summed E-state index contributed by atoms with van der Waals surface area (Å²) in [6.45, 7) is -0.848. The number of benzene rings is 1. The van der Waals surface area contributed by atoms with Gasteiger partial charge in [0.1, 0.15) is 13.1 Å². The molecule has 6 rings (SSSR count). The summed E-state index contributed by atoms with van der Waals surface area (Å²) in [5.74, 6) is -0.0122. The molecule has 1 aromatic carbocycles. The van der Waals surface area contributed by atoms with E-state index in [1.807, 2.05) is 0 Å². The smallest absolute Gasteiger partial charge is 0.332 e. The fourth-order valence-electron chi connectivity index (χ4n) is 8.32. The van der Waals surface area contributed by atoms with Crippen molar-refractivity contribution in [3.8, 4) is 0 Å². The number of para-hydroxylation sites is 1. The lowest BCUT2D eigenvalue weighted by atomic mass is 9.68. The van der Waals surface area contributed by atoms with Crippen molar-refractivity contribution >= 4 is 22.8 Å². The third-order valence-electron chi connectivity index (χ3n) is 9.71. The first-order valence-electron chi connectivity index (χ1n) is 14.4. The molecule has 2 aromatic rings. The fraction of sp³-hybridized carbons (Fsp3) is 0.655. The van der Waals surface area contributed by atoms with Crippen molar-refractivity contribution in [1.82, 2.24) is 19.4 Å². The minimum Gasteiger partial charge on any atom is -0.480 e. The summed E-state index contributed by atoms with van der Waals surface area (Å²) in [6.07, 6.45) is 13.1. The minimum absolute atomic E-state index is 0.206. The summed E-state index contributed by atoms with van der Waals surface area (Å²) in [5.41, 5.74) is -0.380. The zero-order valence-electron chi connectivity index (χ0n) is 21.9. The number of carboxylic acid groups (broad SMARTS) is 1. The van der Waals surface area contributed by atoms with Crippen molar-refractivity contribution in [1.29, 1.82) is 0 Å². The molecule has 38 heavy (non-hydrogen) atoms. The summed E-state index contributed by atoms with van der Waals surface area (Å²) in [6, 6.07) is 8.05. The number of nitrogens with zero attached hydrogens (tertiary/aromatic N) is 3. The van der Waals surface area contributed by atoms with Gasteiger partial charge in [-0.15, -0.1) is 0 Å². The number of nitrogens with one attached hydrogen (secondary N) is 1. The van der Waals surface area contributed by atoms with E-state index in [1.54, 1.807) is 24.3 Å². The molecule has 1 amide bonds. The van der Waals surface area contributed by atoms with Crippen LogP contribution in [0.5, 0.6) is 0 Å². The quantitative estimate of drug-likeness (QED) is 0.603. The van der Waals surface area contributed by atoms with Gasteiger partial charge in [0.15, 0.2) is 0 Å². The predicted molar refractivity (Wildman–Crippen MR) is 143 cm³/mol. The SMILES string of the molecule is O=C(O)CNC(=O)Cn1c(=O)n(C2C[C@H]3CCC[C@@H](C2)N3C2C[C@H]3CCC[C@@H](C2)C3)c(=O)c2ccccc21. The Morgan fingerprint density at radius 1 is 0.842 bits per heavy atom. The van der Waals surface area contributed by atoms with Gasteiger partial charge in [-0.1, -0.05) is 37.8 Å². The molecule has 1 aromatic heterocycles. The Bertz CT molecular complexity index is 1320. The van der Waals surface area contributed by atoms with Gasteiger partial charge in [0.25, 0.3) is 5.56 Å². The van der Waals surface area contributed by atoms with Gasteiger partial charge in [0.05, 0.1) is 10.9 Å². The maximum Gasteiger partial charge on any atom is 0.332 e. The lowest BCUT2D eigenvalue weighted by Gasteiger charge is -2.55. The number of aliphatic carboxylic acids is 1. The van der Waals surface area contributed by atoms with Crippen LogP contribution in [0.4, 0.5) is 0 Å². The Balaban J connectivity index is 1.32. The van der Waals surface area contributed by atoms with E-state index in [4.69, 9.17) is 5.11 Å². The first-order chi connectivity index (χ1) is 18.4. The van der Waals surface area contributed by atoms with Crippen molar-refractivity contribution < 1.29 is 14.7 Å². The third-order valence-corrected chi connectivity index (χ3v) is 9.71. The molecule has 0 radical (unpaired) electrons. The van der Waals surface area contributed by atoms with Crippen LogP contribution >= 0.6 is 0 Å². The summed E-state index contributed by atoms with van der Waals surface area (Å²) in [4.78, 5) is 53.7. The van der Waals surface area contributed by atoms with Crippen LogP contribution in [-0.2, 0) is 16.1 Å². The van der Waals surface area contributed by atoms with E-state index in [2.05, 4.69) is 10.2 Å². The van der Waals surface area contributed by atoms with Crippen LogP contribution in [0.15, 0.2) is 33.9 Å². The fourth-order valence-corrected chi connectivity index (χ4v) is 8.32. The van der Waals surface area contributed by atoms with Crippen LogP contribution in [0.3, 0.4) is 0 Å². The Morgan fingerprint density at radius 2 is 1.50 bits per heavy atom. The normalized spacial score (nSPS) is 31.2. The highest BCUT2D eigenvalue weighted by Gasteiger charge is 2.45. The van der Waals surface area contributed by atoms with Crippen LogP contribution in [0, 0.1) is 11.8 Å². The molecule has 2 aliphatic heterocycles. The predicted octanol–water partition coefficient (Wildman–Crippen LogP) is 2.89. The van der Waals surface area contributed by atoms with Crippen LogP contribution in [-0.4, -0.2) is 55.7 Å². The molecule has 204 valence electrons. The number of hydrogen-bond donors (Lipinski definition) is 2. The monoisotopic (exact) mass is 522 g/mol. The first kappa shape index (κ1) is 25.3. The summed E-state index contributed by atoms with van der Waals surface area (Å²) >= 11 is 0. The Labute approximate surface area is 221 Å². The highest BCUT2D eigenvalue weighted by Crippen LogP contribution is 2.47. The van der Waals surface area contributed by atoms with Crippen LogP contribution in [0.1, 0.15) is 76.7 Å². The van der Waals surface area contributed by atoms with E-state index in [-0.39, 0.29) is 18.1 Å². The summed E-state index contributed by atoms with van der Waals surface area (Å²) in [7, 11) is 0. The van der Waals surface area contributed by atoms with E-state index in [9.17, 15) is 19.2 Å². The van der Waals surface area contributed by atoms with Crippen molar-refractivity contribution in [3.63, 3.8) is 0 Å². The zero-order valence-corrected chi connectivity index (χ0v) is 21.9. The van der Waals surface area contributed by atoms with Crippen LogP contribution < -0.4 is 16.6 Å². The van der Waals surface area contributed by atoms with Gasteiger partial charge in [-0.2, -0.15) is 0 Å². The first-order valence-corrected chi connectivity index (χ1v) is 14.4. The lowest BCUT2D eigenvalue weighted by Crippen LogP contribution is -2.59. The highest BCUT2D eigenvalue weighted by atomic mass is 16.4. The third kappa shape index (κ3) is 4.70. The van der Waals surface area contributed by atoms with Crippen molar-refractivity contribution in [3.05, 3.63) is 45.1 Å². The number of piperidine rings is 2. The molecule has 3 heterocycles. The summed E-state index contributed by atoms with van der Waals surface area (Å²) < 4.78 is 2.74. The van der Waals surface area contributed by atoms with Gasteiger partial charge in [0, 0.05) is 24.2 Å². The average molecular weight is 523 g/mol. The Hall–Kier alpha value is -2.94. The number of amides is 1. The molecule has 9 heteroatoms. The Morgan fingerprint density at radius 3 is 2.18 bits per heavy atom. The number of carboxylic acids is 1. The van der Waals surface area contributed by atoms with Crippen LogP contribution in [0.2, 0.25) is 0 Å². The largest absolute Gasteiger partial charge is 0.480 e. The number of carbonyl (C=O) groups is 2. The van der Waals surface area contributed by atoms with E-state index in [0.717, 1.165) is 37.5 Å². The van der Waals surface area contributed by atoms with Crippen molar-refractivity contribution in [2.75, 3.05) is 6.54 Å². The molecule has 2 saturated carbocycles. The molecule has 4 bridgehead atoms. The molecule has 0 spiro atoms. The standard InChI is InChI=1S/C29H38N4O5/c34-26(30-16-27(35)36)17-31-25-10-2-1-9-24(25)28(37)33(29(31)38)23-14-20-7-4-8-21(15-23)32(20)22-12-18-5-3-6-19(11-18)13-22/h1-2,9-10,18-23H,3-8,11-17H2,(H,30,34)(H,35,36)/t18-,19+,20-,21+,22?,23?. The number of rotatable bonds is 6. The zero-order chi connectivity index (χ0) is 26.4. The number of aromatic nitrogens is 2. The second-order valence-corrected chi connectivity index (χ2v) is 12.1. The molecule has 2 N–H and O–H groups in total. The topological polar surface area (TPSA) is 114 Å². The average Bonchev–Trinajstić information content (AvgIpc) is 2.89. The van der Waals surface area contributed by atoms with Gasteiger partial charge in [-0.25, -0.2) is 4.79 Å². The number of hydrogen-bond acceptors (Lipinski definition) is 5. The number of carbonyl (C=O) groups excluding carboxylic acids is 1. The molecular weight excluding hydrogens is 484 g/mol. The van der Waals surface area contributed by atoms with Gasteiger partial charge >= 0.3 is 11.7 Å². The molecule has 9 nitrogen and oxygen atoms in total. The molecule has 6 atom stereocenters. The second-order valence-electron chi connectivity index (χ2n) is 12.1. The molecule has 2 aliphatic carbocycles. The molecule has 4 aliphatic rings. The van der Waals surface area contributed by atoms with E-state index in [0.29, 0.717) is 29.0 Å². The number of fused-ring (bicyclic) bond motifs is 5. The Kier molecular flexibility index (Phi) is 6.88. The summed E-state index contributed by atoms with van der Waals surface area (Å²) in [5, 5.41) is 11.7. The van der Waals surface area contributed by atoms with Gasteiger partial charge < -0.3 is 10.4 Å². The van der Waals surface area contributed by atoms with Gasteiger partial charge in [-0.3, -0.25) is 28.4 Å². The van der Waals surface area contributed by atoms with Crippen LogP contribution in [0.25, 0.3) is 10.9 Å². The molecule has 2 saturated heterocycles. The van der Waals surface area contributed by atoms with Crippen molar-refractivity contribution in [2.24, 2.45) is 11.8 Å². The van der Waals surface area contributed by atoms with Gasteiger partial charge in [0.2, 0.25) is 5.91 Å². The maximum atomic E-state index is 13.8. The molecular formula is C29H38N4O5. The lowest BCUT2D eigenvalue weighted by molar-refractivity contribution is -0.138. The molecule has 4 fully saturated rings.